The normalized spacial score (nSPS) is 48.0. The number of halogens is 1. The van der Waals surface area contributed by atoms with Crippen LogP contribution in [-0.4, -0.2) is 18.4 Å². The fraction of sp³-hybridized carbons (Fsp3) is 1.00. The van der Waals surface area contributed by atoms with Crippen LogP contribution in [-0.2, 0) is 4.74 Å². The van der Waals surface area contributed by atoms with Crippen molar-refractivity contribution in [3.8, 4) is 0 Å². The first-order valence-electron chi connectivity index (χ1n) is 3.96. The molecule has 1 aliphatic rings. The lowest BCUT2D eigenvalue weighted by Crippen LogP contribution is -2.18. The lowest BCUT2D eigenvalue weighted by molar-refractivity contribution is 0.0349. The zero-order chi connectivity index (χ0) is 7.72. The molecule has 1 saturated heterocycles. The van der Waals surface area contributed by atoms with Crippen molar-refractivity contribution in [2.75, 3.05) is 0 Å². The molecule has 0 aromatic carbocycles. The van der Waals surface area contributed by atoms with Crippen LogP contribution in [0.4, 0.5) is 4.39 Å². The fourth-order valence-corrected chi connectivity index (χ4v) is 1.58. The van der Waals surface area contributed by atoms with Crippen molar-refractivity contribution >= 4 is 0 Å². The zero-order valence-corrected chi connectivity index (χ0v) is 6.80. The van der Waals surface area contributed by atoms with Gasteiger partial charge in [-0.1, -0.05) is 13.8 Å². The SMILES string of the molecule is CC[C@H]1O[C@@H](C)C(F)[C@H]1C. The van der Waals surface area contributed by atoms with E-state index in [4.69, 9.17) is 4.74 Å². The van der Waals surface area contributed by atoms with E-state index in [0.29, 0.717) is 0 Å². The average molecular weight is 146 g/mol. The van der Waals surface area contributed by atoms with Gasteiger partial charge in [0.05, 0.1) is 12.2 Å². The van der Waals surface area contributed by atoms with Crippen LogP contribution in [0.15, 0.2) is 0 Å². The first-order chi connectivity index (χ1) is 4.66. The van der Waals surface area contributed by atoms with Crippen LogP contribution in [0.5, 0.6) is 0 Å². The zero-order valence-electron chi connectivity index (χ0n) is 6.80. The molecule has 60 valence electrons. The van der Waals surface area contributed by atoms with Gasteiger partial charge in [-0.15, -0.1) is 0 Å². The van der Waals surface area contributed by atoms with Gasteiger partial charge >= 0.3 is 0 Å². The molecule has 0 aliphatic carbocycles. The topological polar surface area (TPSA) is 9.23 Å². The highest BCUT2D eigenvalue weighted by molar-refractivity contribution is 4.84. The Balaban J connectivity index is 2.53. The molecule has 0 aromatic heterocycles. The Kier molecular flexibility index (Phi) is 2.29. The largest absolute Gasteiger partial charge is 0.372 e. The first-order valence-corrected chi connectivity index (χ1v) is 3.96. The van der Waals surface area contributed by atoms with Crippen molar-refractivity contribution in [2.24, 2.45) is 5.92 Å². The highest BCUT2D eigenvalue weighted by Crippen LogP contribution is 2.30. The van der Waals surface area contributed by atoms with E-state index in [0.717, 1.165) is 6.42 Å². The molecule has 0 aromatic rings. The maximum atomic E-state index is 13.0. The summed E-state index contributed by atoms with van der Waals surface area (Å²) < 4.78 is 18.4. The molecule has 4 atom stereocenters. The third kappa shape index (κ3) is 1.17. The Morgan fingerprint density at radius 2 is 2.00 bits per heavy atom. The fourth-order valence-electron chi connectivity index (χ4n) is 1.58. The van der Waals surface area contributed by atoms with Crippen LogP contribution in [0.1, 0.15) is 27.2 Å². The number of rotatable bonds is 1. The van der Waals surface area contributed by atoms with Gasteiger partial charge in [0.15, 0.2) is 0 Å². The van der Waals surface area contributed by atoms with Crippen molar-refractivity contribution in [3.63, 3.8) is 0 Å². The molecule has 0 saturated carbocycles. The lowest BCUT2D eigenvalue weighted by atomic mass is 9.99. The van der Waals surface area contributed by atoms with Gasteiger partial charge < -0.3 is 4.74 Å². The Labute approximate surface area is 61.6 Å². The molecule has 1 aliphatic heterocycles. The van der Waals surface area contributed by atoms with Crippen LogP contribution in [0.3, 0.4) is 0 Å². The summed E-state index contributed by atoms with van der Waals surface area (Å²) in [5.41, 5.74) is 0. The van der Waals surface area contributed by atoms with E-state index in [2.05, 4.69) is 0 Å². The lowest BCUT2D eigenvalue weighted by Gasteiger charge is -2.10. The van der Waals surface area contributed by atoms with Crippen LogP contribution >= 0.6 is 0 Å². The number of hydrogen-bond donors (Lipinski definition) is 0. The van der Waals surface area contributed by atoms with Crippen molar-refractivity contribution in [1.82, 2.24) is 0 Å². The maximum absolute atomic E-state index is 13.0. The molecule has 1 unspecified atom stereocenters. The van der Waals surface area contributed by atoms with Gasteiger partial charge in [-0.3, -0.25) is 0 Å². The number of ether oxygens (including phenoxy) is 1. The Morgan fingerprint density at radius 3 is 2.20 bits per heavy atom. The molecule has 1 nitrogen and oxygen atoms in total. The Bertz CT molecular complexity index is 116. The van der Waals surface area contributed by atoms with E-state index in [1.807, 2.05) is 13.8 Å². The molecule has 0 radical (unpaired) electrons. The number of alkyl halides is 1. The monoisotopic (exact) mass is 146 g/mol. The first kappa shape index (κ1) is 7.99. The van der Waals surface area contributed by atoms with Gasteiger partial charge in [0.2, 0.25) is 0 Å². The highest BCUT2D eigenvalue weighted by atomic mass is 19.1. The second-order valence-electron chi connectivity index (χ2n) is 3.09. The second kappa shape index (κ2) is 2.87. The second-order valence-corrected chi connectivity index (χ2v) is 3.09. The summed E-state index contributed by atoms with van der Waals surface area (Å²) in [5.74, 6) is 0.0833. The van der Waals surface area contributed by atoms with Gasteiger partial charge in [0.25, 0.3) is 0 Å². The molecule has 0 N–H and O–H groups in total. The molecule has 1 rings (SSSR count). The van der Waals surface area contributed by atoms with Crippen LogP contribution in [0.2, 0.25) is 0 Å². The van der Waals surface area contributed by atoms with E-state index in [1.165, 1.54) is 0 Å². The molecule has 0 bridgehead atoms. The van der Waals surface area contributed by atoms with E-state index < -0.39 is 6.17 Å². The quantitative estimate of drug-likeness (QED) is 0.550. The van der Waals surface area contributed by atoms with Gasteiger partial charge in [-0.05, 0) is 13.3 Å². The summed E-state index contributed by atoms with van der Waals surface area (Å²) in [6.45, 7) is 5.76. The van der Waals surface area contributed by atoms with Crippen molar-refractivity contribution < 1.29 is 9.13 Å². The van der Waals surface area contributed by atoms with Gasteiger partial charge in [0, 0.05) is 5.92 Å². The van der Waals surface area contributed by atoms with Crippen LogP contribution < -0.4 is 0 Å². The minimum absolute atomic E-state index is 0.0833. The van der Waals surface area contributed by atoms with E-state index in [-0.39, 0.29) is 18.1 Å². The van der Waals surface area contributed by atoms with Crippen molar-refractivity contribution in [1.29, 1.82) is 0 Å². The molecule has 0 spiro atoms. The van der Waals surface area contributed by atoms with Crippen molar-refractivity contribution in [2.45, 2.75) is 45.6 Å². The minimum Gasteiger partial charge on any atom is -0.372 e. The van der Waals surface area contributed by atoms with Crippen LogP contribution in [0.25, 0.3) is 0 Å². The number of hydrogen-bond acceptors (Lipinski definition) is 1. The molecule has 1 heterocycles. The van der Waals surface area contributed by atoms with Gasteiger partial charge in [-0.2, -0.15) is 0 Å². The summed E-state index contributed by atoms with van der Waals surface area (Å²) in [6.07, 6.45) is 0.112. The predicted molar refractivity (Wildman–Crippen MR) is 38.7 cm³/mol. The minimum atomic E-state index is -0.759. The summed E-state index contributed by atoms with van der Waals surface area (Å²) in [5, 5.41) is 0. The summed E-state index contributed by atoms with van der Waals surface area (Å²) in [7, 11) is 0. The van der Waals surface area contributed by atoms with Crippen LogP contribution in [0, 0.1) is 5.92 Å². The standard InChI is InChI=1S/C8H15FO/c1-4-7-5(2)8(9)6(3)10-7/h5-8H,4H2,1-3H3/t5-,6-,7+,8?/m0/s1. The van der Waals surface area contributed by atoms with E-state index >= 15 is 0 Å². The summed E-state index contributed by atoms with van der Waals surface area (Å²) in [6, 6.07) is 0. The highest BCUT2D eigenvalue weighted by Gasteiger charge is 2.38. The molecule has 10 heavy (non-hydrogen) atoms. The van der Waals surface area contributed by atoms with E-state index in [1.54, 1.807) is 6.92 Å². The third-order valence-corrected chi connectivity index (χ3v) is 2.33. The predicted octanol–water partition coefficient (Wildman–Crippen LogP) is 2.16. The van der Waals surface area contributed by atoms with E-state index in [9.17, 15) is 4.39 Å². The molecule has 2 heteroatoms. The Morgan fingerprint density at radius 1 is 1.40 bits per heavy atom. The molecular formula is C8H15FO. The smallest absolute Gasteiger partial charge is 0.131 e. The van der Waals surface area contributed by atoms with Gasteiger partial charge in [0.1, 0.15) is 6.17 Å². The molecule has 1 fully saturated rings. The molecular weight excluding hydrogens is 131 g/mol. The molecule has 0 amide bonds. The summed E-state index contributed by atoms with van der Waals surface area (Å²) >= 11 is 0. The average Bonchev–Trinajstić information content (AvgIpc) is 2.17. The Hall–Kier alpha value is -0.110. The van der Waals surface area contributed by atoms with Gasteiger partial charge in [-0.25, -0.2) is 4.39 Å². The maximum Gasteiger partial charge on any atom is 0.131 e. The summed E-state index contributed by atoms with van der Waals surface area (Å²) in [4.78, 5) is 0. The van der Waals surface area contributed by atoms with Crippen molar-refractivity contribution in [3.05, 3.63) is 0 Å². The third-order valence-electron chi connectivity index (χ3n) is 2.33.